The first-order chi connectivity index (χ1) is 4.36. The summed E-state index contributed by atoms with van der Waals surface area (Å²) in [5.41, 5.74) is 6.02. The third kappa shape index (κ3) is 3.18. The summed E-state index contributed by atoms with van der Waals surface area (Å²) in [5.74, 6) is 0. The van der Waals surface area contributed by atoms with Crippen molar-refractivity contribution in [1.82, 2.24) is 4.90 Å². The molecule has 10 heavy (non-hydrogen) atoms. The Balaban J connectivity index is 3.87. The molecule has 0 heterocycles. The van der Waals surface area contributed by atoms with Crippen molar-refractivity contribution in [3.05, 3.63) is 0 Å². The van der Waals surface area contributed by atoms with Gasteiger partial charge in [0.25, 0.3) is 0 Å². The summed E-state index contributed by atoms with van der Waals surface area (Å²) in [4.78, 5) is 2.17. The van der Waals surface area contributed by atoms with Gasteiger partial charge in [-0.05, 0) is 26.4 Å². The zero-order valence-electron chi connectivity index (χ0n) is 7.81. The van der Waals surface area contributed by atoms with E-state index in [2.05, 4.69) is 39.8 Å². The van der Waals surface area contributed by atoms with Gasteiger partial charge < -0.3 is 10.6 Å². The molecule has 2 heteroatoms. The number of nitrogens with zero attached hydrogens (tertiary/aromatic N) is 1. The van der Waals surface area contributed by atoms with Crippen molar-refractivity contribution in [2.24, 2.45) is 11.1 Å². The standard InChI is InChI=1S/C8H20N2/c1-7(9)8(2,3)6-10(4)5/h7H,6,9H2,1-5H3/t7-/m1/s1. The predicted octanol–water partition coefficient (Wildman–Crippen LogP) is 0.921. The molecule has 0 spiro atoms. The highest BCUT2D eigenvalue weighted by Crippen LogP contribution is 2.18. The Hall–Kier alpha value is -0.0800. The first-order valence-corrected chi connectivity index (χ1v) is 3.76. The Morgan fingerprint density at radius 3 is 1.90 bits per heavy atom. The Morgan fingerprint density at radius 2 is 1.80 bits per heavy atom. The summed E-state index contributed by atoms with van der Waals surface area (Å²) in [5, 5.41) is 0. The molecule has 0 aromatic heterocycles. The fraction of sp³-hybridized carbons (Fsp3) is 1.00. The molecule has 0 aromatic carbocycles. The lowest BCUT2D eigenvalue weighted by atomic mass is 9.86. The summed E-state index contributed by atoms with van der Waals surface area (Å²) < 4.78 is 0. The molecule has 0 rings (SSSR count). The van der Waals surface area contributed by atoms with Crippen LogP contribution in [0, 0.1) is 5.41 Å². The van der Waals surface area contributed by atoms with Crippen molar-refractivity contribution < 1.29 is 0 Å². The van der Waals surface area contributed by atoms with Crippen LogP contribution in [0.4, 0.5) is 0 Å². The summed E-state index contributed by atoms with van der Waals surface area (Å²) in [7, 11) is 4.15. The fourth-order valence-electron chi connectivity index (χ4n) is 0.959. The molecule has 0 bridgehead atoms. The minimum Gasteiger partial charge on any atom is -0.327 e. The van der Waals surface area contributed by atoms with Crippen LogP contribution in [0.1, 0.15) is 20.8 Å². The van der Waals surface area contributed by atoms with Crippen molar-refractivity contribution >= 4 is 0 Å². The minimum absolute atomic E-state index is 0.226. The van der Waals surface area contributed by atoms with Gasteiger partial charge in [-0.15, -0.1) is 0 Å². The SMILES string of the molecule is C[C@@H](N)C(C)(C)CN(C)C. The maximum atomic E-state index is 5.79. The second-order valence-electron chi connectivity index (χ2n) is 4.02. The molecule has 0 aliphatic carbocycles. The molecule has 0 saturated heterocycles. The van der Waals surface area contributed by atoms with E-state index in [1.807, 2.05) is 0 Å². The first kappa shape index (κ1) is 9.92. The van der Waals surface area contributed by atoms with Gasteiger partial charge in [-0.25, -0.2) is 0 Å². The number of hydrogen-bond donors (Lipinski definition) is 1. The van der Waals surface area contributed by atoms with Crippen LogP contribution in [0.15, 0.2) is 0 Å². The van der Waals surface area contributed by atoms with Crippen LogP contribution < -0.4 is 5.73 Å². The van der Waals surface area contributed by atoms with E-state index in [0.717, 1.165) is 6.54 Å². The van der Waals surface area contributed by atoms with Gasteiger partial charge >= 0.3 is 0 Å². The van der Waals surface area contributed by atoms with Crippen LogP contribution in [0.5, 0.6) is 0 Å². The Bertz CT molecular complexity index is 95.4. The van der Waals surface area contributed by atoms with E-state index >= 15 is 0 Å². The van der Waals surface area contributed by atoms with E-state index in [0.29, 0.717) is 0 Å². The van der Waals surface area contributed by atoms with E-state index in [4.69, 9.17) is 5.73 Å². The highest BCUT2D eigenvalue weighted by atomic mass is 15.1. The van der Waals surface area contributed by atoms with Gasteiger partial charge in [0.15, 0.2) is 0 Å². The summed E-state index contributed by atoms with van der Waals surface area (Å²) in [6, 6.07) is 0.259. The van der Waals surface area contributed by atoms with Crippen molar-refractivity contribution in [2.45, 2.75) is 26.8 Å². The lowest BCUT2D eigenvalue weighted by molar-refractivity contribution is 0.208. The van der Waals surface area contributed by atoms with E-state index in [1.54, 1.807) is 0 Å². The lowest BCUT2D eigenvalue weighted by Crippen LogP contribution is -2.41. The number of rotatable bonds is 3. The second kappa shape index (κ2) is 3.35. The normalized spacial score (nSPS) is 15.9. The van der Waals surface area contributed by atoms with Crippen molar-refractivity contribution in [3.8, 4) is 0 Å². The third-order valence-electron chi connectivity index (χ3n) is 1.96. The molecule has 0 unspecified atom stereocenters. The maximum Gasteiger partial charge on any atom is 0.00739 e. The molecular formula is C8H20N2. The van der Waals surface area contributed by atoms with E-state index in [9.17, 15) is 0 Å². The largest absolute Gasteiger partial charge is 0.327 e. The van der Waals surface area contributed by atoms with Gasteiger partial charge in [-0.1, -0.05) is 13.8 Å². The second-order valence-corrected chi connectivity index (χ2v) is 4.02. The maximum absolute atomic E-state index is 5.79. The molecule has 2 N–H and O–H groups in total. The van der Waals surface area contributed by atoms with Crippen LogP contribution in [-0.2, 0) is 0 Å². The lowest BCUT2D eigenvalue weighted by Gasteiger charge is -2.31. The monoisotopic (exact) mass is 144 g/mol. The van der Waals surface area contributed by atoms with E-state index in [-0.39, 0.29) is 11.5 Å². The Labute approximate surface area is 64.4 Å². The quantitative estimate of drug-likeness (QED) is 0.638. The molecule has 1 atom stereocenters. The number of nitrogens with two attached hydrogens (primary N) is 1. The zero-order valence-corrected chi connectivity index (χ0v) is 7.81. The van der Waals surface area contributed by atoms with Gasteiger partial charge in [0, 0.05) is 12.6 Å². The molecule has 0 aromatic rings. The fourth-order valence-corrected chi connectivity index (χ4v) is 0.959. The van der Waals surface area contributed by atoms with Crippen LogP contribution >= 0.6 is 0 Å². The smallest absolute Gasteiger partial charge is 0.00739 e. The highest BCUT2D eigenvalue weighted by molar-refractivity contribution is 4.79. The summed E-state index contributed by atoms with van der Waals surface area (Å²) in [6.07, 6.45) is 0. The average Bonchev–Trinajstić information content (AvgIpc) is 1.60. The van der Waals surface area contributed by atoms with Crippen LogP contribution in [0.3, 0.4) is 0 Å². The van der Waals surface area contributed by atoms with Crippen molar-refractivity contribution in [2.75, 3.05) is 20.6 Å². The number of hydrogen-bond acceptors (Lipinski definition) is 2. The molecular weight excluding hydrogens is 124 g/mol. The summed E-state index contributed by atoms with van der Waals surface area (Å²) in [6.45, 7) is 7.49. The van der Waals surface area contributed by atoms with Gasteiger partial charge in [-0.3, -0.25) is 0 Å². The molecule has 0 saturated carbocycles. The molecule has 0 aliphatic rings. The highest BCUT2D eigenvalue weighted by Gasteiger charge is 2.22. The Kier molecular flexibility index (Phi) is 3.33. The van der Waals surface area contributed by atoms with Crippen LogP contribution in [-0.4, -0.2) is 31.6 Å². The summed E-state index contributed by atoms with van der Waals surface area (Å²) >= 11 is 0. The van der Waals surface area contributed by atoms with E-state index < -0.39 is 0 Å². The third-order valence-corrected chi connectivity index (χ3v) is 1.96. The molecule has 2 nitrogen and oxygen atoms in total. The molecule has 0 aliphatic heterocycles. The van der Waals surface area contributed by atoms with Crippen LogP contribution in [0.25, 0.3) is 0 Å². The molecule has 0 fully saturated rings. The first-order valence-electron chi connectivity index (χ1n) is 3.76. The van der Waals surface area contributed by atoms with Crippen molar-refractivity contribution in [1.29, 1.82) is 0 Å². The Morgan fingerprint density at radius 1 is 1.40 bits per heavy atom. The average molecular weight is 144 g/mol. The van der Waals surface area contributed by atoms with Crippen molar-refractivity contribution in [3.63, 3.8) is 0 Å². The zero-order chi connectivity index (χ0) is 8.36. The van der Waals surface area contributed by atoms with E-state index in [1.165, 1.54) is 0 Å². The predicted molar refractivity (Wildman–Crippen MR) is 46.0 cm³/mol. The molecule has 0 amide bonds. The minimum atomic E-state index is 0.226. The van der Waals surface area contributed by atoms with Gasteiger partial charge in [0.05, 0.1) is 0 Å². The van der Waals surface area contributed by atoms with Gasteiger partial charge in [-0.2, -0.15) is 0 Å². The van der Waals surface area contributed by atoms with Gasteiger partial charge in [0.2, 0.25) is 0 Å². The molecule has 0 radical (unpaired) electrons. The van der Waals surface area contributed by atoms with Gasteiger partial charge in [0.1, 0.15) is 0 Å². The molecule has 62 valence electrons. The van der Waals surface area contributed by atoms with Crippen LogP contribution in [0.2, 0.25) is 0 Å². The topological polar surface area (TPSA) is 29.3 Å².